The normalized spacial score (nSPS) is 22.2. The monoisotopic (exact) mass is 243 g/mol. The summed E-state index contributed by atoms with van der Waals surface area (Å²) in [5.41, 5.74) is -0.205. The SMILES string of the molecule is CC(C)(C)NC(=O)NC1CCCN(CCO)C1. The summed E-state index contributed by atoms with van der Waals surface area (Å²) in [6.45, 7) is 8.61. The van der Waals surface area contributed by atoms with E-state index in [4.69, 9.17) is 5.11 Å². The maximum Gasteiger partial charge on any atom is 0.315 e. The first kappa shape index (κ1) is 14.3. The van der Waals surface area contributed by atoms with Gasteiger partial charge in [-0.3, -0.25) is 4.90 Å². The number of rotatable bonds is 3. The molecule has 1 unspecified atom stereocenters. The third-order valence-corrected chi connectivity index (χ3v) is 2.75. The van der Waals surface area contributed by atoms with Crippen molar-refractivity contribution in [1.82, 2.24) is 15.5 Å². The Kier molecular flexibility index (Phi) is 5.21. The first-order valence-corrected chi connectivity index (χ1v) is 6.32. The number of piperidine rings is 1. The van der Waals surface area contributed by atoms with Crippen LogP contribution < -0.4 is 10.6 Å². The van der Waals surface area contributed by atoms with Crippen LogP contribution in [0.25, 0.3) is 0 Å². The Labute approximate surface area is 104 Å². The zero-order valence-electron chi connectivity index (χ0n) is 11.1. The molecule has 1 heterocycles. The van der Waals surface area contributed by atoms with Crippen LogP contribution in [-0.2, 0) is 0 Å². The number of amides is 2. The van der Waals surface area contributed by atoms with E-state index in [1.807, 2.05) is 20.8 Å². The van der Waals surface area contributed by atoms with Gasteiger partial charge < -0.3 is 15.7 Å². The summed E-state index contributed by atoms with van der Waals surface area (Å²) < 4.78 is 0. The smallest absolute Gasteiger partial charge is 0.315 e. The first-order chi connectivity index (χ1) is 7.90. The highest BCUT2D eigenvalue weighted by Crippen LogP contribution is 2.09. The molecule has 1 aliphatic rings. The second-order valence-electron chi connectivity index (χ2n) is 5.71. The molecular weight excluding hydrogens is 218 g/mol. The molecule has 5 heteroatoms. The molecule has 0 bridgehead atoms. The number of nitrogens with zero attached hydrogens (tertiary/aromatic N) is 1. The molecular formula is C12H25N3O2. The van der Waals surface area contributed by atoms with Gasteiger partial charge >= 0.3 is 6.03 Å². The molecule has 0 aromatic rings. The average Bonchev–Trinajstić information content (AvgIpc) is 2.15. The van der Waals surface area contributed by atoms with Crippen molar-refractivity contribution in [1.29, 1.82) is 0 Å². The van der Waals surface area contributed by atoms with Crippen LogP contribution in [0.4, 0.5) is 4.79 Å². The molecule has 1 saturated heterocycles. The molecule has 0 aromatic carbocycles. The van der Waals surface area contributed by atoms with Crippen LogP contribution in [0.15, 0.2) is 0 Å². The summed E-state index contributed by atoms with van der Waals surface area (Å²) in [6.07, 6.45) is 2.08. The van der Waals surface area contributed by atoms with Crippen LogP contribution >= 0.6 is 0 Å². The van der Waals surface area contributed by atoms with E-state index in [1.165, 1.54) is 0 Å². The van der Waals surface area contributed by atoms with Crippen LogP contribution in [-0.4, -0.2) is 53.9 Å². The van der Waals surface area contributed by atoms with Crippen molar-refractivity contribution in [3.8, 4) is 0 Å². The lowest BCUT2D eigenvalue weighted by molar-refractivity contribution is 0.151. The Morgan fingerprint density at radius 3 is 2.76 bits per heavy atom. The maximum atomic E-state index is 11.7. The second-order valence-corrected chi connectivity index (χ2v) is 5.71. The maximum absolute atomic E-state index is 11.7. The summed E-state index contributed by atoms with van der Waals surface area (Å²) >= 11 is 0. The molecule has 0 saturated carbocycles. The fraction of sp³-hybridized carbons (Fsp3) is 0.917. The fourth-order valence-electron chi connectivity index (χ4n) is 2.08. The molecule has 1 rings (SSSR count). The fourth-order valence-corrected chi connectivity index (χ4v) is 2.08. The van der Waals surface area contributed by atoms with Crippen molar-refractivity contribution >= 4 is 6.03 Å². The van der Waals surface area contributed by atoms with Gasteiger partial charge in [0, 0.05) is 24.7 Å². The molecule has 17 heavy (non-hydrogen) atoms. The number of hydrogen-bond acceptors (Lipinski definition) is 3. The Morgan fingerprint density at radius 2 is 2.18 bits per heavy atom. The zero-order chi connectivity index (χ0) is 12.9. The summed E-state index contributed by atoms with van der Waals surface area (Å²) in [7, 11) is 0. The molecule has 0 spiro atoms. The summed E-state index contributed by atoms with van der Waals surface area (Å²) in [5, 5.41) is 14.8. The number of carbonyl (C=O) groups is 1. The van der Waals surface area contributed by atoms with Crippen LogP contribution in [0.1, 0.15) is 33.6 Å². The van der Waals surface area contributed by atoms with Gasteiger partial charge in [-0.05, 0) is 40.2 Å². The van der Waals surface area contributed by atoms with Crippen molar-refractivity contribution in [2.45, 2.75) is 45.2 Å². The predicted octanol–water partition coefficient (Wildman–Crippen LogP) is 0.541. The Bertz CT molecular complexity index is 249. The lowest BCUT2D eigenvalue weighted by Crippen LogP contribution is -2.54. The Balaban J connectivity index is 2.33. The van der Waals surface area contributed by atoms with E-state index in [2.05, 4.69) is 15.5 Å². The van der Waals surface area contributed by atoms with Crippen LogP contribution in [0, 0.1) is 0 Å². The number of β-amino-alcohol motifs (C(OH)–C–C–N with tert-alkyl or cyclic N) is 1. The van der Waals surface area contributed by atoms with Gasteiger partial charge in [0.25, 0.3) is 0 Å². The van der Waals surface area contributed by atoms with Crippen molar-refractivity contribution < 1.29 is 9.90 Å². The van der Waals surface area contributed by atoms with E-state index in [0.29, 0.717) is 6.54 Å². The quantitative estimate of drug-likeness (QED) is 0.678. The van der Waals surface area contributed by atoms with Crippen molar-refractivity contribution in [3.63, 3.8) is 0 Å². The summed E-state index contributed by atoms with van der Waals surface area (Å²) in [5.74, 6) is 0. The minimum Gasteiger partial charge on any atom is -0.395 e. The lowest BCUT2D eigenvalue weighted by atomic mass is 10.1. The van der Waals surface area contributed by atoms with Crippen molar-refractivity contribution in [3.05, 3.63) is 0 Å². The van der Waals surface area contributed by atoms with Gasteiger partial charge in [-0.15, -0.1) is 0 Å². The Morgan fingerprint density at radius 1 is 1.47 bits per heavy atom. The lowest BCUT2D eigenvalue weighted by Gasteiger charge is -2.33. The van der Waals surface area contributed by atoms with E-state index < -0.39 is 0 Å². The van der Waals surface area contributed by atoms with Gasteiger partial charge in [-0.1, -0.05) is 0 Å². The summed E-state index contributed by atoms with van der Waals surface area (Å²) in [6, 6.07) is 0.0889. The van der Waals surface area contributed by atoms with Gasteiger partial charge in [-0.2, -0.15) is 0 Å². The number of likely N-dealkylation sites (tertiary alicyclic amines) is 1. The van der Waals surface area contributed by atoms with Crippen LogP contribution in [0.2, 0.25) is 0 Å². The van der Waals surface area contributed by atoms with E-state index in [-0.39, 0.29) is 24.2 Å². The predicted molar refractivity (Wildman–Crippen MR) is 68.0 cm³/mol. The topological polar surface area (TPSA) is 64.6 Å². The molecule has 2 amide bonds. The highest BCUT2D eigenvalue weighted by Gasteiger charge is 2.22. The molecule has 0 aromatic heterocycles. The second kappa shape index (κ2) is 6.21. The first-order valence-electron chi connectivity index (χ1n) is 6.32. The van der Waals surface area contributed by atoms with Crippen LogP contribution in [0.3, 0.4) is 0 Å². The minimum atomic E-state index is -0.205. The van der Waals surface area contributed by atoms with Crippen molar-refractivity contribution in [2.24, 2.45) is 0 Å². The third-order valence-electron chi connectivity index (χ3n) is 2.75. The largest absolute Gasteiger partial charge is 0.395 e. The number of carbonyl (C=O) groups excluding carboxylic acids is 1. The molecule has 0 aliphatic carbocycles. The standard InChI is InChI=1S/C12H25N3O2/c1-12(2,3)14-11(17)13-10-5-4-6-15(9-10)7-8-16/h10,16H,4-9H2,1-3H3,(H2,13,14,17). The number of aliphatic hydroxyl groups excluding tert-OH is 1. The highest BCUT2D eigenvalue weighted by atomic mass is 16.3. The van der Waals surface area contributed by atoms with Gasteiger partial charge in [0.2, 0.25) is 0 Å². The van der Waals surface area contributed by atoms with E-state index in [0.717, 1.165) is 25.9 Å². The number of nitrogens with one attached hydrogen (secondary N) is 2. The number of aliphatic hydroxyl groups is 1. The minimum absolute atomic E-state index is 0.103. The zero-order valence-corrected chi connectivity index (χ0v) is 11.1. The highest BCUT2D eigenvalue weighted by molar-refractivity contribution is 5.75. The van der Waals surface area contributed by atoms with Crippen LogP contribution in [0.5, 0.6) is 0 Å². The van der Waals surface area contributed by atoms with E-state index >= 15 is 0 Å². The van der Waals surface area contributed by atoms with Gasteiger partial charge in [0.05, 0.1) is 6.61 Å². The van der Waals surface area contributed by atoms with Gasteiger partial charge in [0.15, 0.2) is 0 Å². The molecule has 1 aliphatic heterocycles. The van der Waals surface area contributed by atoms with E-state index in [9.17, 15) is 4.79 Å². The summed E-state index contributed by atoms with van der Waals surface area (Å²) in [4.78, 5) is 13.9. The van der Waals surface area contributed by atoms with Crippen molar-refractivity contribution in [2.75, 3.05) is 26.2 Å². The molecule has 3 N–H and O–H groups in total. The van der Waals surface area contributed by atoms with E-state index in [1.54, 1.807) is 0 Å². The molecule has 5 nitrogen and oxygen atoms in total. The Hall–Kier alpha value is -0.810. The third kappa shape index (κ3) is 5.89. The molecule has 1 fully saturated rings. The average molecular weight is 243 g/mol. The molecule has 1 atom stereocenters. The number of hydrogen-bond donors (Lipinski definition) is 3. The molecule has 0 radical (unpaired) electrons. The van der Waals surface area contributed by atoms with Gasteiger partial charge in [0.1, 0.15) is 0 Å². The molecule has 100 valence electrons. The van der Waals surface area contributed by atoms with Gasteiger partial charge in [-0.25, -0.2) is 4.79 Å². The number of urea groups is 1.